The van der Waals surface area contributed by atoms with Crippen LogP contribution in [-0.4, -0.2) is 74.9 Å². The molecule has 0 saturated carbocycles. The van der Waals surface area contributed by atoms with E-state index in [1.165, 1.54) is 366 Å². The number of nitrogens with zero attached hydrogens (tertiary/aromatic N) is 1. The molecule has 0 aromatic carbocycles. The predicted octanol–water partition coefficient (Wildman–Crippen LogP) is 30.4. The molecule has 0 rings (SSSR count). The molecule has 0 spiro atoms. The minimum absolute atomic E-state index is 0.0345. The van der Waals surface area contributed by atoms with Gasteiger partial charge >= 0.3 is 19.8 Å². The van der Waals surface area contributed by atoms with E-state index < -0.39 is 26.5 Å². The number of carbonyl (C=O) groups excluding carboxylic acids is 2. The highest BCUT2D eigenvalue weighted by molar-refractivity contribution is 7.47. The fourth-order valence-corrected chi connectivity index (χ4v) is 14.5. The summed E-state index contributed by atoms with van der Waals surface area (Å²) in [6.07, 6.45) is 113. The molecule has 0 amide bonds. The number of phosphoric acid groups is 1. The van der Waals surface area contributed by atoms with Crippen molar-refractivity contribution in [1.82, 2.24) is 0 Å². The Bertz CT molecular complexity index is 1910. The molecule has 0 saturated heterocycles. The summed E-state index contributed by atoms with van der Waals surface area (Å²) in [4.78, 5) is 36.1. The van der Waals surface area contributed by atoms with Crippen molar-refractivity contribution >= 4 is 19.8 Å². The van der Waals surface area contributed by atoms with Crippen molar-refractivity contribution in [3.8, 4) is 0 Å². The Morgan fingerprint density at radius 2 is 0.559 bits per heavy atom. The number of phosphoric ester groups is 1. The molecule has 9 nitrogen and oxygen atoms in total. The summed E-state index contributed by atoms with van der Waals surface area (Å²) in [6.45, 7) is 4.41. The van der Waals surface area contributed by atoms with Crippen molar-refractivity contribution in [2.75, 3.05) is 47.5 Å². The van der Waals surface area contributed by atoms with E-state index in [0.29, 0.717) is 23.9 Å². The first-order chi connectivity index (χ1) is 50.0. The SMILES string of the molecule is CC/C=C\C/C=C\C/C=C\C/C=C\C/C=C\CCCCCCCCCCCCCCCCCCCCCCCC(=O)OC(COC(=O)CCCCCCCCCCCCCCCCCCCCCCCCCCCCCCCCCCCCCCCCCCC)COP(=O)(O)OCC[N+](C)(C)C. The first kappa shape index (κ1) is 99.7. The highest BCUT2D eigenvalue weighted by Crippen LogP contribution is 2.43. The number of hydrogen-bond donors (Lipinski definition) is 1. The van der Waals surface area contributed by atoms with Crippen LogP contribution in [0.15, 0.2) is 60.8 Å². The van der Waals surface area contributed by atoms with Crippen LogP contribution in [0.2, 0.25) is 0 Å². The Morgan fingerprint density at radius 1 is 0.314 bits per heavy atom. The average Bonchev–Trinajstić information content (AvgIpc) is 0.913. The van der Waals surface area contributed by atoms with Gasteiger partial charge in [0, 0.05) is 12.8 Å². The number of rotatable bonds is 85. The van der Waals surface area contributed by atoms with Crippen LogP contribution >= 0.6 is 7.82 Å². The number of unbranched alkanes of at least 4 members (excludes halogenated alkanes) is 61. The number of ether oxygens (including phenoxy) is 2. The maximum atomic E-state index is 12.9. The van der Waals surface area contributed by atoms with Gasteiger partial charge in [0.25, 0.3) is 0 Å². The zero-order valence-corrected chi connectivity index (χ0v) is 69.8. The summed E-state index contributed by atoms with van der Waals surface area (Å²) >= 11 is 0. The molecule has 0 radical (unpaired) electrons. The molecule has 0 aliphatic carbocycles. The number of quaternary nitrogens is 1. The van der Waals surface area contributed by atoms with Crippen LogP contribution in [0.1, 0.15) is 463 Å². The van der Waals surface area contributed by atoms with Crippen molar-refractivity contribution in [3.05, 3.63) is 60.8 Å². The van der Waals surface area contributed by atoms with E-state index >= 15 is 0 Å². The minimum atomic E-state index is -4.40. The molecule has 0 aromatic heterocycles. The van der Waals surface area contributed by atoms with E-state index in [-0.39, 0.29) is 25.6 Å². The van der Waals surface area contributed by atoms with Crippen LogP contribution in [0.4, 0.5) is 0 Å². The van der Waals surface area contributed by atoms with E-state index in [0.717, 1.165) is 64.2 Å². The summed E-state index contributed by atoms with van der Waals surface area (Å²) in [5, 5.41) is 0. The zero-order chi connectivity index (χ0) is 74.0. The Kier molecular flexibility index (Phi) is 80.9. The molecule has 10 heteroatoms. The molecule has 0 aliphatic heterocycles. The predicted molar refractivity (Wildman–Crippen MR) is 446 cm³/mol. The van der Waals surface area contributed by atoms with Crippen LogP contribution < -0.4 is 0 Å². The highest BCUT2D eigenvalue weighted by Gasteiger charge is 2.27. The van der Waals surface area contributed by atoms with Gasteiger partial charge in [0.15, 0.2) is 6.10 Å². The lowest BCUT2D eigenvalue weighted by Gasteiger charge is -2.24. The molecule has 0 aliphatic rings. The molecular weight excluding hydrogens is 1280 g/mol. The van der Waals surface area contributed by atoms with Gasteiger partial charge in [0.2, 0.25) is 0 Å². The number of hydrogen-bond acceptors (Lipinski definition) is 7. The maximum absolute atomic E-state index is 12.9. The third-order valence-corrected chi connectivity index (χ3v) is 21.5. The van der Waals surface area contributed by atoms with Crippen LogP contribution in [0.3, 0.4) is 0 Å². The second kappa shape index (κ2) is 82.8. The topological polar surface area (TPSA) is 108 Å². The number of allylic oxidation sites excluding steroid dienone is 10. The molecule has 2 atom stereocenters. The number of likely N-dealkylation sites (N-methyl/N-ethyl adjacent to an activating group) is 1. The monoisotopic (exact) mass is 1450 g/mol. The van der Waals surface area contributed by atoms with Gasteiger partial charge in [0.05, 0.1) is 27.7 Å². The number of carbonyl (C=O) groups is 2. The lowest BCUT2D eigenvalue weighted by molar-refractivity contribution is -0.870. The molecule has 0 heterocycles. The summed E-state index contributed by atoms with van der Waals surface area (Å²) < 4.78 is 34.9. The lowest BCUT2D eigenvalue weighted by Crippen LogP contribution is -2.37. The van der Waals surface area contributed by atoms with E-state index in [1.54, 1.807) is 0 Å². The van der Waals surface area contributed by atoms with Crippen LogP contribution in [-0.2, 0) is 32.7 Å². The Hall–Kier alpha value is -2.29. The first-order valence-electron chi connectivity index (χ1n) is 45.0. The summed E-state index contributed by atoms with van der Waals surface area (Å²) in [5.74, 6) is -0.770. The fraction of sp³-hybridized carbons (Fsp3) is 0.870. The smallest absolute Gasteiger partial charge is 0.462 e. The second-order valence-electron chi connectivity index (χ2n) is 32.0. The van der Waals surface area contributed by atoms with Gasteiger partial charge in [-0.2, -0.15) is 0 Å². The first-order valence-corrected chi connectivity index (χ1v) is 46.5. The van der Waals surface area contributed by atoms with Crippen molar-refractivity contribution < 1.29 is 42.1 Å². The Balaban J connectivity index is 3.84. The summed E-state index contributed by atoms with van der Waals surface area (Å²) in [7, 11) is 1.50. The molecule has 102 heavy (non-hydrogen) atoms. The normalized spacial score (nSPS) is 13.2. The average molecular weight is 1450 g/mol. The Labute approximate surface area is 636 Å². The molecule has 600 valence electrons. The van der Waals surface area contributed by atoms with Gasteiger partial charge in [-0.15, -0.1) is 0 Å². The molecular formula is C92H175NO8P+. The van der Waals surface area contributed by atoms with Crippen LogP contribution in [0.25, 0.3) is 0 Å². The summed E-state index contributed by atoms with van der Waals surface area (Å²) in [6, 6.07) is 0. The van der Waals surface area contributed by atoms with Gasteiger partial charge in [-0.1, -0.05) is 453 Å². The second-order valence-corrected chi connectivity index (χ2v) is 33.4. The largest absolute Gasteiger partial charge is 0.472 e. The van der Waals surface area contributed by atoms with Gasteiger partial charge in [-0.25, -0.2) is 4.57 Å². The molecule has 2 unspecified atom stereocenters. The maximum Gasteiger partial charge on any atom is 0.472 e. The van der Waals surface area contributed by atoms with E-state index in [4.69, 9.17) is 18.5 Å². The molecule has 0 aromatic rings. The van der Waals surface area contributed by atoms with Crippen LogP contribution in [0, 0.1) is 0 Å². The van der Waals surface area contributed by atoms with Crippen molar-refractivity contribution in [2.24, 2.45) is 0 Å². The zero-order valence-electron chi connectivity index (χ0n) is 68.9. The molecule has 0 bridgehead atoms. The van der Waals surface area contributed by atoms with E-state index in [9.17, 15) is 19.0 Å². The Morgan fingerprint density at radius 3 is 0.833 bits per heavy atom. The van der Waals surface area contributed by atoms with Crippen molar-refractivity contribution in [1.29, 1.82) is 0 Å². The fourth-order valence-electron chi connectivity index (χ4n) is 13.8. The van der Waals surface area contributed by atoms with Gasteiger partial charge in [-0.3, -0.25) is 18.6 Å². The lowest BCUT2D eigenvalue weighted by atomic mass is 10.0. The quantitative estimate of drug-likeness (QED) is 0.0211. The third kappa shape index (κ3) is 86.6. The molecule has 0 fully saturated rings. The third-order valence-electron chi connectivity index (χ3n) is 20.6. The standard InChI is InChI=1S/C92H174NO8P/c1-6-8-10-12-14-16-18-20-22-24-26-28-30-32-34-36-38-40-42-44-45-46-47-49-50-52-54-56-58-60-62-64-66-68-70-72-74-76-78-80-82-84-91(94)98-88-90(89-100-102(96,97)99-87-86-93(3,4)5)101-92(95)85-83-81-79-77-75-73-71-69-67-65-63-61-59-57-55-53-51-48-43-41-39-37-35-33-31-29-27-25-23-21-19-17-15-13-11-9-7-2/h9,11,15,17,21,23,27,29,33,35,90H,6-8,10,12-14,16,18-20,22,24-26,28,30-32,34,36-89H2,1-5H3/p+1/b11-9-,17-15-,23-21-,29-27-,35-33-. The molecule has 1 N–H and O–H groups in total. The number of esters is 2. The van der Waals surface area contributed by atoms with E-state index in [1.807, 2.05) is 21.1 Å². The van der Waals surface area contributed by atoms with Gasteiger partial charge in [-0.05, 0) is 57.8 Å². The van der Waals surface area contributed by atoms with Crippen molar-refractivity contribution in [3.63, 3.8) is 0 Å². The highest BCUT2D eigenvalue weighted by atomic mass is 31.2. The van der Waals surface area contributed by atoms with Gasteiger partial charge in [0.1, 0.15) is 19.8 Å². The van der Waals surface area contributed by atoms with Crippen molar-refractivity contribution in [2.45, 2.75) is 469 Å². The van der Waals surface area contributed by atoms with E-state index in [2.05, 4.69) is 74.6 Å². The minimum Gasteiger partial charge on any atom is -0.462 e. The van der Waals surface area contributed by atoms with Gasteiger partial charge < -0.3 is 18.9 Å². The van der Waals surface area contributed by atoms with Crippen LogP contribution in [0.5, 0.6) is 0 Å². The summed E-state index contributed by atoms with van der Waals surface area (Å²) in [5.41, 5.74) is 0.